The minimum atomic E-state index is -4.49. The number of carbonyl (C=O) groups is 1. The topological polar surface area (TPSA) is 20.3 Å². The lowest BCUT2D eigenvalue weighted by atomic mass is 10.1. The number of anilines is 1. The molecule has 0 N–H and O–H groups in total. The van der Waals surface area contributed by atoms with E-state index in [0.29, 0.717) is 10.7 Å². The van der Waals surface area contributed by atoms with Crippen LogP contribution >= 0.6 is 35.0 Å². The molecule has 0 saturated carbocycles. The second-order valence-electron chi connectivity index (χ2n) is 5.11. The fourth-order valence-corrected chi connectivity index (χ4v) is 4.04. The third-order valence-electron chi connectivity index (χ3n) is 3.58. The number of rotatable bonds is 2. The zero-order chi connectivity index (χ0) is 17.5. The second-order valence-corrected chi connectivity index (χ2v) is 6.99. The Morgan fingerprint density at radius 2 is 1.79 bits per heavy atom. The standard InChI is InChI=1S/C16H10Cl2F3NOS/c17-12-6-5-9(7-13(12)18)22-14(23)8-24-15(22)10-3-1-2-4-11(10)16(19,20)21/h1-7,15H,8H2/t15-/m0/s1. The van der Waals surface area contributed by atoms with Crippen LogP contribution in [0.1, 0.15) is 16.5 Å². The van der Waals surface area contributed by atoms with Crippen molar-refractivity contribution in [1.29, 1.82) is 0 Å². The van der Waals surface area contributed by atoms with Crippen molar-refractivity contribution in [1.82, 2.24) is 0 Å². The molecule has 2 nitrogen and oxygen atoms in total. The summed E-state index contributed by atoms with van der Waals surface area (Å²) in [5.74, 6) is -0.183. The Morgan fingerprint density at radius 1 is 1.08 bits per heavy atom. The number of alkyl halides is 3. The minimum Gasteiger partial charge on any atom is -0.295 e. The van der Waals surface area contributed by atoms with Crippen molar-refractivity contribution in [2.45, 2.75) is 11.6 Å². The molecule has 24 heavy (non-hydrogen) atoms. The van der Waals surface area contributed by atoms with Crippen molar-refractivity contribution in [2.75, 3.05) is 10.7 Å². The zero-order valence-corrected chi connectivity index (χ0v) is 14.3. The average molecular weight is 392 g/mol. The second kappa shape index (κ2) is 6.50. The highest BCUT2D eigenvalue weighted by Crippen LogP contribution is 2.46. The average Bonchev–Trinajstić information content (AvgIpc) is 2.91. The molecule has 0 aromatic heterocycles. The smallest absolute Gasteiger partial charge is 0.295 e. The molecular formula is C16H10Cl2F3NOS. The van der Waals surface area contributed by atoms with Gasteiger partial charge in [0.1, 0.15) is 5.37 Å². The van der Waals surface area contributed by atoms with Gasteiger partial charge in [-0.1, -0.05) is 41.4 Å². The van der Waals surface area contributed by atoms with Crippen LogP contribution in [0.15, 0.2) is 42.5 Å². The van der Waals surface area contributed by atoms with Gasteiger partial charge in [-0.25, -0.2) is 0 Å². The number of thioether (sulfide) groups is 1. The third kappa shape index (κ3) is 3.23. The quantitative estimate of drug-likeness (QED) is 0.645. The van der Waals surface area contributed by atoms with Gasteiger partial charge in [-0.2, -0.15) is 13.2 Å². The molecule has 2 aromatic rings. The van der Waals surface area contributed by atoms with Crippen molar-refractivity contribution < 1.29 is 18.0 Å². The largest absolute Gasteiger partial charge is 0.416 e. The van der Waals surface area contributed by atoms with E-state index < -0.39 is 17.1 Å². The normalized spacial score (nSPS) is 18.3. The summed E-state index contributed by atoms with van der Waals surface area (Å²) >= 11 is 13.0. The molecule has 0 aliphatic carbocycles. The van der Waals surface area contributed by atoms with E-state index in [1.165, 1.54) is 35.2 Å². The predicted octanol–water partition coefficient (Wildman–Crippen LogP) is 5.79. The van der Waals surface area contributed by atoms with Crippen molar-refractivity contribution in [3.8, 4) is 0 Å². The summed E-state index contributed by atoms with van der Waals surface area (Å²) in [7, 11) is 0. The molecule has 1 fully saturated rings. The van der Waals surface area contributed by atoms with Crippen LogP contribution in [-0.4, -0.2) is 11.7 Å². The van der Waals surface area contributed by atoms with E-state index in [2.05, 4.69) is 0 Å². The van der Waals surface area contributed by atoms with Crippen LogP contribution in [0.2, 0.25) is 10.0 Å². The number of hydrogen-bond donors (Lipinski definition) is 0. The zero-order valence-electron chi connectivity index (χ0n) is 12.0. The van der Waals surface area contributed by atoms with Gasteiger partial charge in [0.15, 0.2) is 0 Å². The van der Waals surface area contributed by atoms with E-state index in [1.807, 2.05) is 0 Å². The summed E-state index contributed by atoms with van der Waals surface area (Å²) in [5, 5.41) is -0.221. The Morgan fingerprint density at radius 3 is 2.46 bits per heavy atom. The molecule has 1 amide bonds. The highest BCUT2D eigenvalue weighted by Gasteiger charge is 2.41. The number of halogens is 5. The summed E-state index contributed by atoms with van der Waals surface area (Å²) in [6.45, 7) is 0. The highest BCUT2D eigenvalue weighted by molar-refractivity contribution is 8.00. The van der Waals surface area contributed by atoms with Gasteiger partial charge in [0, 0.05) is 5.69 Å². The lowest BCUT2D eigenvalue weighted by molar-refractivity contribution is -0.138. The summed E-state index contributed by atoms with van der Waals surface area (Å²) in [6.07, 6.45) is -4.49. The molecule has 1 heterocycles. The number of benzene rings is 2. The molecule has 0 unspecified atom stereocenters. The molecule has 126 valence electrons. The van der Waals surface area contributed by atoms with Gasteiger partial charge < -0.3 is 0 Å². The molecule has 0 bridgehead atoms. The predicted molar refractivity (Wildman–Crippen MR) is 90.6 cm³/mol. The van der Waals surface area contributed by atoms with E-state index in [4.69, 9.17) is 23.2 Å². The first-order valence-electron chi connectivity index (χ1n) is 6.84. The van der Waals surface area contributed by atoms with Crippen LogP contribution in [0, 0.1) is 0 Å². The van der Waals surface area contributed by atoms with Crippen LogP contribution in [0.25, 0.3) is 0 Å². The van der Waals surface area contributed by atoms with Crippen molar-refractivity contribution >= 4 is 46.6 Å². The first-order valence-corrected chi connectivity index (χ1v) is 8.64. The molecule has 2 aromatic carbocycles. The summed E-state index contributed by atoms with van der Waals surface area (Å²) in [4.78, 5) is 13.6. The molecule has 1 aliphatic heterocycles. The van der Waals surface area contributed by atoms with Crippen molar-refractivity contribution in [3.05, 3.63) is 63.6 Å². The molecule has 1 saturated heterocycles. The summed E-state index contributed by atoms with van der Waals surface area (Å²) < 4.78 is 39.9. The maximum absolute atomic E-state index is 13.3. The molecule has 3 rings (SSSR count). The van der Waals surface area contributed by atoms with E-state index in [9.17, 15) is 18.0 Å². The highest BCUT2D eigenvalue weighted by atomic mass is 35.5. The lowest BCUT2D eigenvalue weighted by Gasteiger charge is -2.26. The Bertz CT molecular complexity index is 797. The van der Waals surface area contributed by atoms with E-state index in [-0.39, 0.29) is 22.2 Å². The molecule has 0 radical (unpaired) electrons. The van der Waals surface area contributed by atoms with Crippen LogP contribution in [0.5, 0.6) is 0 Å². The number of amides is 1. The monoisotopic (exact) mass is 391 g/mol. The number of hydrogen-bond acceptors (Lipinski definition) is 2. The lowest BCUT2D eigenvalue weighted by Crippen LogP contribution is -2.29. The van der Waals surface area contributed by atoms with Gasteiger partial charge in [-0.05, 0) is 29.8 Å². The Hall–Kier alpha value is -1.37. The fraction of sp³-hybridized carbons (Fsp3) is 0.188. The Kier molecular flexibility index (Phi) is 4.73. The van der Waals surface area contributed by atoms with Crippen LogP contribution in [-0.2, 0) is 11.0 Å². The van der Waals surface area contributed by atoms with Crippen molar-refractivity contribution in [3.63, 3.8) is 0 Å². The minimum absolute atomic E-state index is 0.0481. The molecule has 1 aliphatic rings. The summed E-state index contributed by atoms with van der Waals surface area (Å²) in [5.41, 5.74) is -0.282. The van der Waals surface area contributed by atoms with E-state index in [0.717, 1.165) is 17.8 Å². The van der Waals surface area contributed by atoms with Gasteiger partial charge in [0.05, 0.1) is 21.4 Å². The molecular weight excluding hydrogens is 382 g/mol. The van der Waals surface area contributed by atoms with Gasteiger partial charge >= 0.3 is 6.18 Å². The first-order chi connectivity index (χ1) is 11.3. The van der Waals surface area contributed by atoms with E-state index in [1.54, 1.807) is 6.07 Å². The van der Waals surface area contributed by atoms with Gasteiger partial charge in [-0.3, -0.25) is 9.69 Å². The fourth-order valence-electron chi connectivity index (χ4n) is 2.54. The van der Waals surface area contributed by atoms with Gasteiger partial charge in [0.25, 0.3) is 0 Å². The number of carbonyl (C=O) groups excluding carboxylic acids is 1. The Labute approximate surface area is 150 Å². The van der Waals surface area contributed by atoms with Crippen LogP contribution < -0.4 is 4.90 Å². The van der Waals surface area contributed by atoms with Crippen LogP contribution in [0.4, 0.5) is 18.9 Å². The van der Waals surface area contributed by atoms with Gasteiger partial charge in [0.2, 0.25) is 5.91 Å². The van der Waals surface area contributed by atoms with Gasteiger partial charge in [-0.15, -0.1) is 11.8 Å². The molecule has 8 heteroatoms. The number of nitrogens with zero attached hydrogens (tertiary/aromatic N) is 1. The third-order valence-corrected chi connectivity index (χ3v) is 5.51. The SMILES string of the molecule is O=C1CS[C@@H](c2ccccc2C(F)(F)F)N1c1ccc(Cl)c(Cl)c1. The summed E-state index contributed by atoms with van der Waals surface area (Å²) in [6, 6.07) is 9.84. The maximum Gasteiger partial charge on any atom is 0.416 e. The molecule has 1 atom stereocenters. The maximum atomic E-state index is 13.3. The van der Waals surface area contributed by atoms with E-state index >= 15 is 0 Å². The van der Waals surface area contributed by atoms with Crippen LogP contribution in [0.3, 0.4) is 0 Å². The Balaban J connectivity index is 2.08. The van der Waals surface area contributed by atoms with Crippen molar-refractivity contribution in [2.24, 2.45) is 0 Å². The molecule has 0 spiro atoms. The first kappa shape index (κ1) is 17.5.